The highest BCUT2D eigenvalue weighted by molar-refractivity contribution is 5.67. The fourth-order valence-corrected chi connectivity index (χ4v) is 2.17. The summed E-state index contributed by atoms with van der Waals surface area (Å²) in [6.07, 6.45) is -5.79. The molecule has 0 fully saturated rings. The van der Waals surface area contributed by atoms with E-state index < -0.39 is 36.8 Å². The smallest absolute Gasteiger partial charge is 0.139 e. The van der Waals surface area contributed by atoms with Crippen LogP contribution in [0.3, 0.4) is 0 Å². The Labute approximate surface area is 129 Å². The minimum Gasteiger partial charge on any atom is -0.509 e. The molecule has 0 bridgehead atoms. The number of hydrogen-bond acceptors (Lipinski definition) is 6. The Bertz CT molecular complexity index is 473. The largest absolute Gasteiger partial charge is 0.509 e. The van der Waals surface area contributed by atoms with Gasteiger partial charge in [-0.3, -0.25) is 0 Å². The van der Waals surface area contributed by atoms with Crippen LogP contribution >= 0.6 is 0 Å². The molecular formula is C16H24O6. The van der Waals surface area contributed by atoms with Gasteiger partial charge in [0.2, 0.25) is 0 Å². The topological polar surface area (TPSA) is 121 Å². The first-order valence-electron chi connectivity index (χ1n) is 7.24. The third kappa shape index (κ3) is 4.53. The summed E-state index contributed by atoms with van der Waals surface area (Å²) < 4.78 is 0. The highest BCUT2D eigenvalue weighted by Gasteiger charge is 2.33. The van der Waals surface area contributed by atoms with E-state index in [-0.39, 0.29) is 0 Å². The summed E-state index contributed by atoms with van der Waals surface area (Å²) in [7, 11) is 0. The third-order valence-electron chi connectivity index (χ3n) is 3.47. The van der Waals surface area contributed by atoms with Crippen molar-refractivity contribution in [3.63, 3.8) is 0 Å². The molecule has 0 heterocycles. The van der Waals surface area contributed by atoms with Gasteiger partial charge in [0.05, 0.1) is 6.61 Å². The van der Waals surface area contributed by atoms with Gasteiger partial charge in [-0.15, -0.1) is 0 Å². The van der Waals surface area contributed by atoms with E-state index in [1.807, 2.05) is 13.0 Å². The predicted octanol–water partition coefficient (Wildman–Crippen LogP) is 0.192. The van der Waals surface area contributed by atoms with Crippen molar-refractivity contribution < 1.29 is 30.6 Å². The first kappa shape index (κ1) is 18.6. The Balaban J connectivity index is 3.07. The van der Waals surface area contributed by atoms with Gasteiger partial charge in [0.15, 0.2) is 0 Å². The lowest BCUT2D eigenvalue weighted by Crippen LogP contribution is -2.46. The van der Waals surface area contributed by atoms with Gasteiger partial charge < -0.3 is 30.6 Å². The highest BCUT2D eigenvalue weighted by Crippen LogP contribution is 2.26. The Morgan fingerprint density at radius 2 is 1.59 bits per heavy atom. The van der Waals surface area contributed by atoms with E-state index in [1.54, 1.807) is 24.3 Å². The van der Waals surface area contributed by atoms with Crippen LogP contribution in [-0.4, -0.2) is 61.7 Å². The number of aliphatic hydroxyl groups is 6. The SMILES string of the molecule is CCCC(=C(O)C(O)C(O)C(O)C(O)CO)c1ccccc1. The van der Waals surface area contributed by atoms with Gasteiger partial charge in [-0.1, -0.05) is 43.7 Å². The lowest BCUT2D eigenvalue weighted by atomic mass is 9.94. The van der Waals surface area contributed by atoms with Crippen LogP contribution in [0.25, 0.3) is 5.57 Å². The molecule has 6 nitrogen and oxygen atoms in total. The molecule has 1 aromatic carbocycles. The summed E-state index contributed by atoms with van der Waals surface area (Å²) in [5, 5.41) is 57.9. The maximum Gasteiger partial charge on any atom is 0.139 e. The summed E-state index contributed by atoms with van der Waals surface area (Å²) in [5.74, 6) is -0.454. The van der Waals surface area contributed by atoms with Gasteiger partial charge in [-0.25, -0.2) is 0 Å². The summed E-state index contributed by atoms with van der Waals surface area (Å²) in [6, 6.07) is 8.91. The molecule has 22 heavy (non-hydrogen) atoms. The van der Waals surface area contributed by atoms with E-state index in [1.165, 1.54) is 0 Å². The molecule has 4 atom stereocenters. The fraction of sp³-hybridized carbons (Fsp3) is 0.500. The summed E-state index contributed by atoms with van der Waals surface area (Å²) in [5.41, 5.74) is 1.16. The van der Waals surface area contributed by atoms with Gasteiger partial charge in [0, 0.05) is 0 Å². The molecule has 0 aromatic heterocycles. The zero-order valence-electron chi connectivity index (χ0n) is 12.5. The van der Waals surface area contributed by atoms with Crippen molar-refractivity contribution in [2.24, 2.45) is 0 Å². The second-order valence-electron chi connectivity index (χ2n) is 5.16. The van der Waals surface area contributed by atoms with E-state index in [4.69, 9.17) is 5.11 Å². The number of rotatable bonds is 8. The summed E-state index contributed by atoms with van der Waals surface area (Å²) in [4.78, 5) is 0. The predicted molar refractivity (Wildman–Crippen MR) is 82.0 cm³/mol. The second kappa shape index (κ2) is 8.87. The number of aliphatic hydroxyl groups excluding tert-OH is 6. The molecule has 0 aliphatic rings. The van der Waals surface area contributed by atoms with Gasteiger partial charge in [-0.2, -0.15) is 0 Å². The van der Waals surface area contributed by atoms with Crippen LogP contribution < -0.4 is 0 Å². The van der Waals surface area contributed by atoms with Gasteiger partial charge in [-0.05, 0) is 17.6 Å². The standard InChI is InChI=1S/C16H24O6/c1-2-6-11(10-7-4-3-5-8-10)13(19)15(21)16(22)14(20)12(18)9-17/h3-5,7-8,12,14-22H,2,6,9H2,1H3. The van der Waals surface area contributed by atoms with Crippen molar-refractivity contribution in [3.05, 3.63) is 41.7 Å². The van der Waals surface area contributed by atoms with Crippen molar-refractivity contribution in [2.45, 2.75) is 44.2 Å². The van der Waals surface area contributed by atoms with Crippen molar-refractivity contribution in [3.8, 4) is 0 Å². The summed E-state index contributed by atoms with van der Waals surface area (Å²) in [6.45, 7) is 1.14. The zero-order valence-corrected chi connectivity index (χ0v) is 12.5. The Morgan fingerprint density at radius 1 is 1.00 bits per heavy atom. The normalized spacial score (nSPS) is 18.3. The molecule has 6 N–H and O–H groups in total. The summed E-state index contributed by atoms with van der Waals surface area (Å²) >= 11 is 0. The molecular weight excluding hydrogens is 288 g/mol. The average Bonchev–Trinajstić information content (AvgIpc) is 2.57. The van der Waals surface area contributed by atoms with E-state index in [9.17, 15) is 25.5 Å². The molecule has 1 aromatic rings. The Hall–Kier alpha value is -1.44. The minimum atomic E-state index is -1.82. The van der Waals surface area contributed by atoms with Crippen molar-refractivity contribution >= 4 is 5.57 Å². The molecule has 1 rings (SSSR count). The third-order valence-corrected chi connectivity index (χ3v) is 3.47. The van der Waals surface area contributed by atoms with Gasteiger partial charge >= 0.3 is 0 Å². The van der Waals surface area contributed by atoms with Gasteiger partial charge in [0.25, 0.3) is 0 Å². The zero-order chi connectivity index (χ0) is 16.7. The quantitative estimate of drug-likeness (QED) is 0.381. The fourth-order valence-electron chi connectivity index (χ4n) is 2.17. The second-order valence-corrected chi connectivity index (χ2v) is 5.16. The Morgan fingerprint density at radius 3 is 2.09 bits per heavy atom. The molecule has 0 aliphatic carbocycles. The highest BCUT2D eigenvalue weighted by atomic mass is 16.4. The van der Waals surface area contributed by atoms with Crippen LogP contribution in [0, 0.1) is 0 Å². The Kier molecular flexibility index (Phi) is 7.50. The van der Waals surface area contributed by atoms with Crippen LogP contribution in [0.2, 0.25) is 0 Å². The lowest BCUT2D eigenvalue weighted by molar-refractivity contribution is -0.112. The van der Waals surface area contributed by atoms with Crippen LogP contribution in [-0.2, 0) is 0 Å². The maximum absolute atomic E-state index is 10.3. The molecule has 4 unspecified atom stereocenters. The molecule has 0 saturated carbocycles. The molecule has 0 aliphatic heterocycles. The first-order chi connectivity index (χ1) is 10.4. The van der Waals surface area contributed by atoms with E-state index in [0.29, 0.717) is 24.0 Å². The van der Waals surface area contributed by atoms with E-state index >= 15 is 0 Å². The van der Waals surface area contributed by atoms with Crippen molar-refractivity contribution in [2.75, 3.05) is 6.61 Å². The monoisotopic (exact) mass is 312 g/mol. The van der Waals surface area contributed by atoms with Crippen LogP contribution in [0.4, 0.5) is 0 Å². The van der Waals surface area contributed by atoms with E-state index in [0.717, 1.165) is 0 Å². The average molecular weight is 312 g/mol. The van der Waals surface area contributed by atoms with Gasteiger partial charge in [0.1, 0.15) is 30.2 Å². The van der Waals surface area contributed by atoms with E-state index in [2.05, 4.69) is 0 Å². The first-order valence-corrected chi connectivity index (χ1v) is 7.24. The maximum atomic E-state index is 10.3. The van der Waals surface area contributed by atoms with Crippen LogP contribution in [0.15, 0.2) is 36.1 Å². The molecule has 0 spiro atoms. The van der Waals surface area contributed by atoms with Crippen molar-refractivity contribution in [1.29, 1.82) is 0 Å². The van der Waals surface area contributed by atoms with Crippen LogP contribution in [0.5, 0.6) is 0 Å². The van der Waals surface area contributed by atoms with Crippen molar-refractivity contribution in [1.82, 2.24) is 0 Å². The number of benzene rings is 1. The lowest BCUT2D eigenvalue weighted by Gasteiger charge is -2.26. The molecule has 6 heteroatoms. The molecule has 0 saturated heterocycles. The molecule has 0 amide bonds. The van der Waals surface area contributed by atoms with Crippen LogP contribution in [0.1, 0.15) is 25.3 Å². The number of allylic oxidation sites excluding steroid dienone is 1. The molecule has 124 valence electrons. The minimum absolute atomic E-state index is 0.454. The number of hydrogen-bond donors (Lipinski definition) is 6. The molecule has 0 radical (unpaired) electrons.